The Morgan fingerprint density at radius 1 is 0.917 bits per heavy atom. The highest BCUT2D eigenvalue weighted by atomic mass is 32.2. The van der Waals surface area contributed by atoms with Gasteiger partial charge in [0.1, 0.15) is 16.1 Å². The fourth-order valence-corrected chi connectivity index (χ4v) is 6.21. The van der Waals surface area contributed by atoms with Crippen LogP contribution >= 0.6 is 35.3 Å². The number of hydrogen-bond donors (Lipinski definition) is 1. The van der Waals surface area contributed by atoms with Crippen LogP contribution in [0.4, 0.5) is 10.1 Å². The van der Waals surface area contributed by atoms with Gasteiger partial charge in [0.25, 0.3) is 0 Å². The molecule has 0 bridgehead atoms. The van der Waals surface area contributed by atoms with Crippen LogP contribution in [-0.2, 0) is 10.5 Å². The highest BCUT2D eigenvalue weighted by molar-refractivity contribution is 8.00. The summed E-state index contributed by atoms with van der Waals surface area (Å²) in [7, 11) is 0. The first-order valence-corrected chi connectivity index (χ1v) is 14.9. The van der Waals surface area contributed by atoms with Gasteiger partial charge in [0, 0.05) is 16.3 Å². The number of benzene rings is 3. The quantitative estimate of drug-likeness (QED) is 0.219. The standard InChI is InChI=1S/C29H27FN2OS3/c1-19-17-25(34-2)26(29(31-19)35-3)32-28(33)27(36-18-20-9-15-24(30)16-10-20)23-13-11-22(12-14-23)21-7-5-4-6-8-21/h4-17,27H,18H2,1-3H3,(H,32,33). The third kappa shape index (κ3) is 6.52. The number of aryl methyl sites for hydroxylation is 1. The van der Waals surface area contributed by atoms with Crippen molar-refractivity contribution in [3.05, 3.63) is 108 Å². The van der Waals surface area contributed by atoms with Gasteiger partial charge in [-0.05, 0) is 59.9 Å². The minimum absolute atomic E-state index is 0.106. The number of thioether (sulfide) groups is 3. The number of nitrogens with zero attached hydrogens (tertiary/aromatic N) is 1. The largest absolute Gasteiger partial charge is 0.322 e. The molecule has 0 radical (unpaired) electrons. The van der Waals surface area contributed by atoms with E-state index in [1.165, 1.54) is 35.7 Å². The Labute approximate surface area is 224 Å². The fraction of sp³-hybridized carbons (Fsp3) is 0.172. The van der Waals surface area contributed by atoms with Crippen molar-refractivity contribution in [1.29, 1.82) is 0 Å². The molecule has 3 nitrogen and oxygen atoms in total. The summed E-state index contributed by atoms with van der Waals surface area (Å²) in [6.07, 6.45) is 3.96. The van der Waals surface area contributed by atoms with Gasteiger partial charge in [-0.2, -0.15) is 0 Å². The van der Waals surface area contributed by atoms with Crippen LogP contribution in [0.1, 0.15) is 22.1 Å². The summed E-state index contributed by atoms with van der Waals surface area (Å²) >= 11 is 4.63. The number of nitrogens with one attached hydrogen (secondary N) is 1. The number of pyridine rings is 1. The highest BCUT2D eigenvalue weighted by Crippen LogP contribution is 2.38. The molecule has 1 N–H and O–H groups in total. The van der Waals surface area contributed by atoms with Crippen molar-refractivity contribution in [3.8, 4) is 11.1 Å². The number of hydrogen-bond acceptors (Lipinski definition) is 5. The molecule has 4 rings (SSSR count). The van der Waals surface area contributed by atoms with Crippen LogP contribution in [-0.4, -0.2) is 23.4 Å². The van der Waals surface area contributed by atoms with Crippen LogP contribution in [0.25, 0.3) is 11.1 Å². The summed E-state index contributed by atoms with van der Waals surface area (Å²) in [6, 6.07) is 26.7. The molecule has 184 valence electrons. The zero-order valence-corrected chi connectivity index (χ0v) is 22.8. The first-order valence-electron chi connectivity index (χ1n) is 11.4. The summed E-state index contributed by atoms with van der Waals surface area (Å²) in [4.78, 5) is 19.3. The molecule has 0 spiro atoms. The van der Waals surface area contributed by atoms with Crippen LogP contribution in [0.3, 0.4) is 0 Å². The maximum absolute atomic E-state index is 13.7. The highest BCUT2D eigenvalue weighted by Gasteiger charge is 2.24. The molecule has 36 heavy (non-hydrogen) atoms. The van der Waals surface area contributed by atoms with Crippen molar-refractivity contribution in [2.45, 2.75) is 27.8 Å². The number of carbonyl (C=O) groups excluding carboxylic acids is 1. The molecule has 3 aromatic carbocycles. The second kappa shape index (κ2) is 12.5. The summed E-state index contributed by atoms with van der Waals surface area (Å²) in [5.74, 6) is 0.205. The van der Waals surface area contributed by atoms with Crippen molar-refractivity contribution < 1.29 is 9.18 Å². The zero-order valence-electron chi connectivity index (χ0n) is 20.3. The average molecular weight is 535 g/mol. The van der Waals surface area contributed by atoms with Gasteiger partial charge in [0.05, 0.1) is 5.69 Å². The normalized spacial score (nSPS) is 11.8. The first kappa shape index (κ1) is 26.3. The van der Waals surface area contributed by atoms with Crippen LogP contribution in [0.5, 0.6) is 0 Å². The minimum atomic E-state index is -0.453. The molecule has 0 aliphatic heterocycles. The smallest absolute Gasteiger partial charge is 0.242 e. The Balaban J connectivity index is 1.64. The van der Waals surface area contributed by atoms with Crippen molar-refractivity contribution in [3.63, 3.8) is 0 Å². The third-order valence-electron chi connectivity index (χ3n) is 5.63. The van der Waals surface area contributed by atoms with E-state index in [1.807, 2.05) is 55.8 Å². The predicted molar refractivity (Wildman–Crippen MR) is 153 cm³/mol. The van der Waals surface area contributed by atoms with Gasteiger partial charge < -0.3 is 5.32 Å². The second-order valence-corrected chi connectivity index (χ2v) is 10.9. The Morgan fingerprint density at radius 3 is 2.22 bits per heavy atom. The summed E-state index contributed by atoms with van der Waals surface area (Å²) in [5, 5.41) is 3.52. The predicted octanol–water partition coefficient (Wildman–Crippen LogP) is 8.25. The van der Waals surface area contributed by atoms with E-state index < -0.39 is 5.25 Å². The van der Waals surface area contributed by atoms with E-state index in [2.05, 4.69) is 34.6 Å². The lowest BCUT2D eigenvalue weighted by molar-refractivity contribution is -0.115. The lowest BCUT2D eigenvalue weighted by atomic mass is 10.0. The first-order chi connectivity index (χ1) is 17.5. The van der Waals surface area contributed by atoms with Crippen LogP contribution in [0, 0.1) is 12.7 Å². The Bertz CT molecular complexity index is 1290. The third-order valence-corrected chi connectivity index (χ3v) is 8.39. The van der Waals surface area contributed by atoms with Gasteiger partial charge in [-0.15, -0.1) is 35.3 Å². The molecule has 4 aromatic rings. The molecule has 0 aliphatic rings. The summed E-state index contributed by atoms with van der Waals surface area (Å²) in [6.45, 7) is 1.96. The van der Waals surface area contributed by atoms with Gasteiger partial charge in [0.2, 0.25) is 5.91 Å². The summed E-state index contributed by atoms with van der Waals surface area (Å²) < 4.78 is 13.4. The Kier molecular flexibility index (Phi) is 9.13. The van der Waals surface area contributed by atoms with Crippen molar-refractivity contribution in [2.75, 3.05) is 17.8 Å². The van der Waals surface area contributed by atoms with Crippen molar-refractivity contribution >= 4 is 46.9 Å². The molecule has 0 fully saturated rings. The van der Waals surface area contributed by atoms with E-state index in [1.54, 1.807) is 23.9 Å². The van der Waals surface area contributed by atoms with E-state index in [0.29, 0.717) is 5.75 Å². The van der Waals surface area contributed by atoms with Gasteiger partial charge in [-0.25, -0.2) is 9.37 Å². The number of aromatic nitrogens is 1. The number of anilines is 1. The van der Waals surface area contributed by atoms with E-state index >= 15 is 0 Å². The molecule has 0 aliphatic carbocycles. The molecule has 1 atom stereocenters. The van der Waals surface area contributed by atoms with Crippen molar-refractivity contribution in [2.24, 2.45) is 0 Å². The zero-order chi connectivity index (χ0) is 25.5. The SMILES string of the molecule is CSc1cc(C)nc(SC)c1NC(=O)C(SCc1ccc(F)cc1)c1ccc(-c2ccccc2)cc1. The van der Waals surface area contributed by atoms with Gasteiger partial charge in [-0.3, -0.25) is 4.79 Å². The molecule has 0 saturated carbocycles. The van der Waals surface area contributed by atoms with Gasteiger partial charge in [0.15, 0.2) is 0 Å². The van der Waals surface area contributed by atoms with Gasteiger partial charge >= 0.3 is 0 Å². The molecule has 1 heterocycles. The Hall–Kier alpha value is -2.74. The monoisotopic (exact) mass is 534 g/mol. The fourth-order valence-electron chi connectivity index (χ4n) is 3.79. The van der Waals surface area contributed by atoms with Crippen molar-refractivity contribution in [1.82, 2.24) is 4.98 Å². The molecule has 1 amide bonds. The topological polar surface area (TPSA) is 42.0 Å². The van der Waals surface area contributed by atoms with Crippen LogP contribution < -0.4 is 5.32 Å². The number of amides is 1. The molecule has 0 saturated heterocycles. The number of rotatable bonds is 9. The lowest BCUT2D eigenvalue weighted by Crippen LogP contribution is -2.20. The van der Waals surface area contributed by atoms with E-state index in [0.717, 1.165) is 43.6 Å². The Morgan fingerprint density at radius 2 is 1.58 bits per heavy atom. The summed E-state index contributed by atoms with van der Waals surface area (Å²) in [5.41, 5.74) is 5.77. The van der Waals surface area contributed by atoms with Crippen LogP contribution in [0.2, 0.25) is 0 Å². The number of carbonyl (C=O) groups is 1. The molecule has 1 aromatic heterocycles. The molecular formula is C29H27FN2OS3. The van der Waals surface area contributed by atoms with E-state index in [-0.39, 0.29) is 11.7 Å². The number of halogens is 1. The van der Waals surface area contributed by atoms with Gasteiger partial charge in [-0.1, -0.05) is 66.7 Å². The molecule has 1 unspecified atom stereocenters. The van der Waals surface area contributed by atoms with E-state index in [9.17, 15) is 9.18 Å². The lowest BCUT2D eigenvalue weighted by Gasteiger charge is -2.20. The molecular weight excluding hydrogens is 508 g/mol. The maximum atomic E-state index is 13.7. The second-order valence-electron chi connectivity index (χ2n) is 8.14. The van der Waals surface area contributed by atoms with Crippen LogP contribution in [0.15, 0.2) is 94.9 Å². The van der Waals surface area contributed by atoms with E-state index in [4.69, 9.17) is 0 Å². The minimum Gasteiger partial charge on any atom is -0.322 e. The average Bonchev–Trinajstić information content (AvgIpc) is 2.91. The molecule has 7 heteroatoms. The maximum Gasteiger partial charge on any atom is 0.242 e.